The third kappa shape index (κ3) is 2.87. The summed E-state index contributed by atoms with van der Waals surface area (Å²) in [5, 5.41) is 8.00. The molecular weight excluding hydrogens is 490 g/mol. The molecule has 0 saturated heterocycles. The first-order chi connectivity index (χ1) is 19.5. The van der Waals surface area contributed by atoms with E-state index in [4.69, 9.17) is 4.74 Å². The molecule has 0 aromatic heterocycles. The molecule has 3 aliphatic rings. The Morgan fingerprint density at radius 3 is 2.12 bits per heavy atom. The minimum Gasteiger partial charge on any atom is -0.492 e. The highest BCUT2D eigenvalue weighted by molar-refractivity contribution is 6.17. The Kier molecular flexibility index (Phi) is 4.76. The Balaban J connectivity index is 1.50. The van der Waals surface area contributed by atoms with E-state index in [9.17, 15) is 4.79 Å². The molecule has 1 spiro atoms. The first-order valence-corrected chi connectivity index (χ1v) is 14.0. The van der Waals surface area contributed by atoms with Crippen molar-refractivity contribution in [1.82, 2.24) is 0 Å². The van der Waals surface area contributed by atoms with Crippen LogP contribution in [-0.4, -0.2) is 12.5 Å². The maximum Gasteiger partial charge on any atom is 0.240 e. The second kappa shape index (κ2) is 8.19. The number of hydrogen-bond donors (Lipinski definition) is 1. The van der Waals surface area contributed by atoms with Crippen LogP contribution in [0.4, 0.5) is 5.69 Å². The SMILES string of the molecule is CC1(C)[C@H]2COC(c3c4ccccc4cc4ccccc34)=C2C=C(c2ccccc2)[C@@]12C(=O)Nc1ccccc12. The highest BCUT2D eigenvalue weighted by Gasteiger charge is 2.65. The lowest BCUT2D eigenvalue weighted by atomic mass is 9.49. The van der Waals surface area contributed by atoms with Gasteiger partial charge < -0.3 is 10.1 Å². The number of para-hydroxylation sites is 1. The Hall–Kier alpha value is -4.63. The normalized spacial score (nSPS) is 22.7. The molecule has 5 aromatic carbocycles. The molecule has 0 fully saturated rings. The summed E-state index contributed by atoms with van der Waals surface area (Å²) in [7, 11) is 0. The van der Waals surface area contributed by atoms with Gasteiger partial charge >= 0.3 is 0 Å². The van der Waals surface area contributed by atoms with Gasteiger partial charge in [-0.15, -0.1) is 0 Å². The van der Waals surface area contributed by atoms with E-state index in [1.165, 1.54) is 27.1 Å². The number of ether oxygens (including phenoxy) is 1. The van der Waals surface area contributed by atoms with Gasteiger partial charge in [-0.2, -0.15) is 0 Å². The van der Waals surface area contributed by atoms with Crippen LogP contribution in [0.1, 0.15) is 30.5 Å². The number of hydrogen-bond acceptors (Lipinski definition) is 2. The summed E-state index contributed by atoms with van der Waals surface area (Å²) in [6, 6.07) is 38.0. The molecular formula is C37H29NO2. The highest BCUT2D eigenvalue weighted by Crippen LogP contribution is 2.65. The van der Waals surface area contributed by atoms with Gasteiger partial charge in [-0.1, -0.05) is 111 Å². The minimum absolute atomic E-state index is 0.0320. The van der Waals surface area contributed by atoms with Crippen molar-refractivity contribution in [3.05, 3.63) is 138 Å². The zero-order valence-electron chi connectivity index (χ0n) is 22.6. The number of carbonyl (C=O) groups is 1. The average molecular weight is 520 g/mol. The molecule has 0 unspecified atom stereocenters. The molecule has 8 rings (SSSR count). The predicted molar refractivity (Wildman–Crippen MR) is 163 cm³/mol. The van der Waals surface area contributed by atoms with Crippen LogP contribution in [0, 0.1) is 11.3 Å². The fourth-order valence-corrected chi connectivity index (χ4v) is 7.69. The van der Waals surface area contributed by atoms with Crippen molar-refractivity contribution in [1.29, 1.82) is 0 Å². The van der Waals surface area contributed by atoms with E-state index in [0.29, 0.717) is 6.61 Å². The molecule has 5 aromatic rings. The van der Waals surface area contributed by atoms with Gasteiger partial charge in [0.05, 0.1) is 6.61 Å². The van der Waals surface area contributed by atoms with E-state index >= 15 is 0 Å². The first-order valence-electron chi connectivity index (χ1n) is 14.0. The molecule has 2 aliphatic heterocycles. The van der Waals surface area contributed by atoms with Gasteiger partial charge in [0.25, 0.3) is 0 Å². The van der Waals surface area contributed by atoms with Gasteiger partial charge in [-0.3, -0.25) is 4.79 Å². The zero-order chi connectivity index (χ0) is 27.1. The number of nitrogens with one attached hydrogen (secondary N) is 1. The molecule has 3 nitrogen and oxygen atoms in total. The van der Waals surface area contributed by atoms with Crippen molar-refractivity contribution >= 4 is 44.5 Å². The van der Waals surface area contributed by atoms with Crippen LogP contribution in [0.5, 0.6) is 0 Å². The fourth-order valence-electron chi connectivity index (χ4n) is 7.69. The average Bonchev–Trinajstić information content (AvgIpc) is 3.54. The van der Waals surface area contributed by atoms with Gasteiger partial charge in [0, 0.05) is 22.7 Å². The van der Waals surface area contributed by atoms with E-state index in [1.54, 1.807) is 0 Å². The van der Waals surface area contributed by atoms with Crippen LogP contribution in [0.2, 0.25) is 0 Å². The molecule has 1 N–H and O–H groups in total. The van der Waals surface area contributed by atoms with Crippen LogP contribution in [0.15, 0.2) is 121 Å². The Bertz CT molecular complexity index is 1880. The highest BCUT2D eigenvalue weighted by atomic mass is 16.5. The van der Waals surface area contributed by atoms with Crippen molar-refractivity contribution in [3.63, 3.8) is 0 Å². The summed E-state index contributed by atoms with van der Waals surface area (Å²) < 4.78 is 6.75. The van der Waals surface area contributed by atoms with Gasteiger partial charge in [0.2, 0.25) is 5.91 Å². The molecule has 0 saturated carbocycles. The quantitative estimate of drug-likeness (QED) is 0.238. The van der Waals surface area contributed by atoms with Gasteiger partial charge in [-0.25, -0.2) is 0 Å². The third-order valence-electron chi connectivity index (χ3n) is 9.58. The van der Waals surface area contributed by atoms with Gasteiger partial charge in [0.15, 0.2) is 0 Å². The Morgan fingerprint density at radius 1 is 0.775 bits per heavy atom. The first kappa shape index (κ1) is 23.3. The standard InChI is InChI=1S/C37H29NO2/c1-36(2)31-22-40-34(33-26-16-8-6-14-24(26)20-25-15-7-9-17-27(25)33)28(31)21-30(23-12-4-3-5-13-23)37(36)29-18-10-11-19-32(29)38-35(37)39/h3-21,31H,22H2,1-2H3,(H,38,39)/t31-,37-/m0/s1. The van der Waals surface area contributed by atoms with Crippen molar-refractivity contribution in [2.24, 2.45) is 11.3 Å². The van der Waals surface area contributed by atoms with Crippen LogP contribution in [-0.2, 0) is 14.9 Å². The molecule has 1 amide bonds. The maximum absolute atomic E-state index is 14.3. The number of anilines is 1. The van der Waals surface area contributed by atoms with E-state index in [0.717, 1.165) is 33.7 Å². The largest absolute Gasteiger partial charge is 0.492 e. The lowest BCUT2D eigenvalue weighted by Gasteiger charge is -2.50. The molecule has 1 aliphatic carbocycles. The van der Waals surface area contributed by atoms with Crippen molar-refractivity contribution in [3.8, 4) is 0 Å². The monoisotopic (exact) mass is 519 g/mol. The second-order valence-electron chi connectivity index (χ2n) is 11.7. The molecule has 2 heterocycles. The molecule has 2 atom stereocenters. The summed E-state index contributed by atoms with van der Waals surface area (Å²) in [6.07, 6.45) is 2.28. The molecule has 194 valence electrons. The third-order valence-corrected chi connectivity index (χ3v) is 9.58. The summed E-state index contributed by atoms with van der Waals surface area (Å²) in [4.78, 5) is 14.3. The van der Waals surface area contributed by atoms with Crippen LogP contribution < -0.4 is 5.32 Å². The van der Waals surface area contributed by atoms with Crippen molar-refractivity contribution < 1.29 is 9.53 Å². The van der Waals surface area contributed by atoms with Crippen LogP contribution >= 0.6 is 0 Å². The summed E-state index contributed by atoms with van der Waals surface area (Å²) in [5.74, 6) is 1.00. The summed E-state index contributed by atoms with van der Waals surface area (Å²) in [5.41, 5.74) is 5.02. The number of allylic oxidation sites excluding steroid dienone is 1. The lowest BCUT2D eigenvalue weighted by molar-refractivity contribution is -0.123. The smallest absolute Gasteiger partial charge is 0.240 e. The topological polar surface area (TPSA) is 38.3 Å². The molecule has 0 bridgehead atoms. The minimum atomic E-state index is -0.848. The number of benzene rings is 5. The maximum atomic E-state index is 14.3. The fraction of sp³-hybridized carbons (Fsp3) is 0.162. The molecule has 0 radical (unpaired) electrons. The number of amides is 1. The zero-order valence-corrected chi connectivity index (χ0v) is 22.6. The number of rotatable bonds is 2. The Labute approximate surface area is 233 Å². The van der Waals surface area contributed by atoms with Crippen molar-refractivity contribution in [2.75, 3.05) is 11.9 Å². The Morgan fingerprint density at radius 2 is 1.40 bits per heavy atom. The summed E-state index contributed by atoms with van der Waals surface area (Å²) >= 11 is 0. The van der Waals surface area contributed by atoms with Gasteiger partial charge in [0.1, 0.15) is 11.2 Å². The van der Waals surface area contributed by atoms with E-state index < -0.39 is 10.8 Å². The van der Waals surface area contributed by atoms with Crippen LogP contribution in [0.3, 0.4) is 0 Å². The van der Waals surface area contributed by atoms with Gasteiger partial charge in [-0.05, 0) is 61.9 Å². The second-order valence-corrected chi connectivity index (χ2v) is 11.7. The van der Waals surface area contributed by atoms with E-state index in [-0.39, 0.29) is 11.8 Å². The van der Waals surface area contributed by atoms with Crippen LogP contribution in [0.25, 0.3) is 32.9 Å². The number of carbonyl (C=O) groups excluding carboxylic acids is 1. The van der Waals surface area contributed by atoms with Crippen molar-refractivity contribution in [2.45, 2.75) is 19.3 Å². The molecule has 3 heteroatoms. The molecule has 40 heavy (non-hydrogen) atoms. The lowest BCUT2D eigenvalue weighted by Crippen LogP contribution is -2.54. The summed E-state index contributed by atoms with van der Waals surface area (Å²) in [6.45, 7) is 5.04. The predicted octanol–water partition coefficient (Wildman–Crippen LogP) is 8.36. The van der Waals surface area contributed by atoms with E-state index in [1.807, 2.05) is 24.3 Å². The number of fused-ring (bicyclic) bond motifs is 5. The van der Waals surface area contributed by atoms with E-state index in [2.05, 4.69) is 110 Å².